The molecule has 9 nitrogen and oxygen atoms in total. The first-order valence-electron chi connectivity index (χ1n) is 9.63. The van der Waals surface area contributed by atoms with E-state index in [9.17, 15) is 14.4 Å². The van der Waals surface area contributed by atoms with Crippen LogP contribution in [0.3, 0.4) is 0 Å². The third-order valence-corrected chi connectivity index (χ3v) is 4.67. The molecular weight excluding hydrogens is 376 g/mol. The third kappa shape index (κ3) is 6.56. The first-order chi connectivity index (χ1) is 13.8. The molecule has 1 aromatic carbocycles. The highest BCUT2D eigenvalue weighted by Gasteiger charge is 2.27. The molecule has 1 saturated heterocycles. The van der Waals surface area contributed by atoms with Gasteiger partial charge in [0, 0.05) is 24.2 Å². The number of likely N-dealkylation sites (tertiary alicyclic amines) is 1. The van der Waals surface area contributed by atoms with Crippen LogP contribution in [0.5, 0.6) is 0 Å². The van der Waals surface area contributed by atoms with Crippen LogP contribution in [0.2, 0.25) is 0 Å². The molecular formula is C20H28N4O5. The standard InChI is InChI=1S/C20H28N4O5/c1-3-28-17(25)12-29-16-8-10-24(11-9-16)20(27)13(2)23-19(26)15-6-4-14(5-7-15)18(21)22/h4-7,13,16H,3,8-12H2,1-2H3,(H3,21,22)(H,23,26)/t13-/m0/s1. The van der Waals surface area contributed by atoms with E-state index in [-0.39, 0.29) is 30.4 Å². The Labute approximate surface area is 170 Å². The van der Waals surface area contributed by atoms with E-state index in [0.717, 1.165) is 0 Å². The number of nitrogens with one attached hydrogen (secondary N) is 2. The highest BCUT2D eigenvalue weighted by Crippen LogP contribution is 2.15. The molecule has 0 aromatic heterocycles. The highest BCUT2D eigenvalue weighted by atomic mass is 16.6. The van der Waals surface area contributed by atoms with Crippen LogP contribution in [0.1, 0.15) is 42.6 Å². The van der Waals surface area contributed by atoms with Gasteiger partial charge in [0.2, 0.25) is 5.91 Å². The molecule has 1 aliphatic heterocycles. The number of piperidine rings is 1. The van der Waals surface area contributed by atoms with Gasteiger partial charge < -0.3 is 25.4 Å². The number of carbonyl (C=O) groups is 3. The summed E-state index contributed by atoms with van der Waals surface area (Å²) >= 11 is 0. The van der Waals surface area contributed by atoms with E-state index in [1.807, 2.05) is 0 Å². The van der Waals surface area contributed by atoms with Gasteiger partial charge in [-0.25, -0.2) is 4.79 Å². The third-order valence-electron chi connectivity index (χ3n) is 4.67. The Morgan fingerprint density at radius 2 is 1.79 bits per heavy atom. The van der Waals surface area contributed by atoms with Crippen LogP contribution in [-0.2, 0) is 19.1 Å². The van der Waals surface area contributed by atoms with Crippen molar-refractivity contribution in [3.8, 4) is 0 Å². The highest BCUT2D eigenvalue weighted by molar-refractivity contribution is 5.99. The number of hydrogen-bond acceptors (Lipinski definition) is 6. The Morgan fingerprint density at radius 1 is 1.21 bits per heavy atom. The van der Waals surface area contributed by atoms with Gasteiger partial charge in [0.05, 0.1) is 12.7 Å². The molecule has 2 rings (SSSR count). The summed E-state index contributed by atoms with van der Waals surface area (Å²) in [4.78, 5) is 38.0. The summed E-state index contributed by atoms with van der Waals surface area (Å²) in [5.41, 5.74) is 6.32. The number of nitrogens with zero attached hydrogens (tertiary/aromatic N) is 1. The van der Waals surface area contributed by atoms with Gasteiger partial charge in [-0.15, -0.1) is 0 Å². The SMILES string of the molecule is CCOC(=O)COC1CCN(C(=O)[C@H](C)NC(=O)c2ccc(C(=N)N)cc2)CC1. The van der Waals surface area contributed by atoms with E-state index < -0.39 is 12.0 Å². The second-order valence-corrected chi connectivity index (χ2v) is 6.83. The molecule has 1 fully saturated rings. The molecule has 158 valence electrons. The molecule has 1 aromatic rings. The van der Waals surface area contributed by atoms with Crippen LogP contribution in [0.15, 0.2) is 24.3 Å². The Bertz CT molecular complexity index is 742. The summed E-state index contributed by atoms with van der Waals surface area (Å²) in [6.45, 7) is 4.62. The van der Waals surface area contributed by atoms with Crippen LogP contribution in [0.25, 0.3) is 0 Å². The Kier molecular flexibility index (Phi) is 8.14. The van der Waals surface area contributed by atoms with Crippen LogP contribution >= 0.6 is 0 Å². The maximum atomic E-state index is 12.6. The molecule has 2 amide bonds. The van der Waals surface area contributed by atoms with Gasteiger partial charge >= 0.3 is 5.97 Å². The second-order valence-electron chi connectivity index (χ2n) is 6.83. The zero-order chi connectivity index (χ0) is 21.4. The minimum atomic E-state index is -0.674. The van der Waals surface area contributed by atoms with Crippen LogP contribution in [0, 0.1) is 5.41 Å². The topological polar surface area (TPSA) is 135 Å². The first kappa shape index (κ1) is 22.4. The van der Waals surface area contributed by atoms with Crippen molar-refractivity contribution in [1.82, 2.24) is 10.2 Å². The van der Waals surface area contributed by atoms with Crippen molar-refractivity contribution in [2.24, 2.45) is 5.73 Å². The van der Waals surface area contributed by atoms with Gasteiger partial charge in [-0.3, -0.25) is 15.0 Å². The molecule has 9 heteroatoms. The van der Waals surface area contributed by atoms with Gasteiger partial charge in [-0.1, -0.05) is 12.1 Å². The summed E-state index contributed by atoms with van der Waals surface area (Å²) in [7, 11) is 0. The summed E-state index contributed by atoms with van der Waals surface area (Å²) in [6, 6.07) is 5.63. The number of amidine groups is 1. The summed E-state index contributed by atoms with van der Waals surface area (Å²) < 4.78 is 10.4. The lowest BCUT2D eigenvalue weighted by Crippen LogP contribution is -2.50. The molecule has 0 radical (unpaired) electrons. The normalized spacial score (nSPS) is 15.4. The lowest BCUT2D eigenvalue weighted by Gasteiger charge is -2.33. The number of rotatable bonds is 8. The Balaban J connectivity index is 1.79. The fraction of sp³-hybridized carbons (Fsp3) is 0.500. The van der Waals surface area contributed by atoms with Crippen molar-refractivity contribution in [2.75, 3.05) is 26.3 Å². The minimum absolute atomic E-state index is 0.0739. The number of nitrogen functional groups attached to an aromatic ring is 1. The molecule has 0 spiro atoms. The van der Waals surface area contributed by atoms with Crippen LogP contribution in [0.4, 0.5) is 0 Å². The number of esters is 1. The van der Waals surface area contributed by atoms with Gasteiger partial charge in [0.15, 0.2) is 0 Å². The molecule has 0 saturated carbocycles. The molecule has 0 aliphatic carbocycles. The molecule has 29 heavy (non-hydrogen) atoms. The molecule has 0 unspecified atom stereocenters. The number of hydrogen-bond donors (Lipinski definition) is 3. The predicted molar refractivity (Wildman–Crippen MR) is 107 cm³/mol. The minimum Gasteiger partial charge on any atom is -0.464 e. The zero-order valence-electron chi connectivity index (χ0n) is 16.8. The van der Waals surface area contributed by atoms with Crippen molar-refractivity contribution < 1.29 is 23.9 Å². The zero-order valence-corrected chi connectivity index (χ0v) is 16.8. The van der Waals surface area contributed by atoms with E-state index in [0.29, 0.717) is 43.7 Å². The van der Waals surface area contributed by atoms with Crippen molar-refractivity contribution >= 4 is 23.6 Å². The van der Waals surface area contributed by atoms with Gasteiger partial charge in [-0.05, 0) is 38.8 Å². The Morgan fingerprint density at radius 3 is 2.34 bits per heavy atom. The quantitative estimate of drug-likeness (QED) is 0.331. The number of ether oxygens (including phenoxy) is 2. The summed E-state index contributed by atoms with van der Waals surface area (Å²) in [6.07, 6.45) is 1.16. The molecule has 1 aliphatic rings. The fourth-order valence-corrected chi connectivity index (χ4v) is 3.05. The summed E-state index contributed by atoms with van der Waals surface area (Å²) in [5, 5.41) is 10.1. The average molecular weight is 404 g/mol. The molecule has 4 N–H and O–H groups in total. The summed E-state index contributed by atoms with van der Waals surface area (Å²) in [5.74, 6) is -0.995. The predicted octanol–water partition coefficient (Wildman–Crippen LogP) is 0.660. The lowest BCUT2D eigenvalue weighted by atomic mass is 10.1. The number of amides is 2. The van der Waals surface area contributed by atoms with Crippen LogP contribution in [-0.4, -0.2) is 67.0 Å². The van der Waals surface area contributed by atoms with Gasteiger partial charge in [-0.2, -0.15) is 0 Å². The lowest BCUT2D eigenvalue weighted by molar-refractivity contribution is -0.152. The average Bonchev–Trinajstić information content (AvgIpc) is 2.72. The van der Waals surface area contributed by atoms with E-state index in [1.54, 1.807) is 43.0 Å². The largest absolute Gasteiger partial charge is 0.464 e. The number of carbonyl (C=O) groups excluding carboxylic acids is 3. The number of benzene rings is 1. The van der Waals surface area contributed by atoms with Gasteiger partial charge in [0.25, 0.3) is 5.91 Å². The number of nitrogens with two attached hydrogens (primary N) is 1. The van der Waals surface area contributed by atoms with Crippen molar-refractivity contribution in [2.45, 2.75) is 38.8 Å². The second kappa shape index (κ2) is 10.6. The molecule has 1 atom stereocenters. The van der Waals surface area contributed by atoms with Crippen molar-refractivity contribution in [3.63, 3.8) is 0 Å². The van der Waals surface area contributed by atoms with Gasteiger partial charge in [0.1, 0.15) is 18.5 Å². The monoisotopic (exact) mass is 404 g/mol. The first-order valence-corrected chi connectivity index (χ1v) is 9.63. The molecule has 1 heterocycles. The van der Waals surface area contributed by atoms with E-state index in [1.165, 1.54) is 0 Å². The maximum absolute atomic E-state index is 12.6. The van der Waals surface area contributed by atoms with E-state index >= 15 is 0 Å². The Hall–Kier alpha value is -2.94. The van der Waals surface area contributed by atoms with E-state index in [2.05, 4.69) is 5.32 Å². The van der Waals surface area contributed by atoms with Crippen LogP contribution < -0.4 is 11.1 Å². The van der Waals surface area contributed by atoms with E-state index in [4.69, 9.17) is 20.6 Å². The maximum Gasteiger partial charge on any atom is 0.332 e. The molecule has 0 bridgehead atoms. The fourth-order valence-electron chi connectivity index (χ4n) is 3.05. The van der Waals surface area contributed by atoms with Crippen molar-refractivity contribution in [1.29, 1.82) is 5.41 Å². The smallest absolute Gasteiger partial charge is 0.332 e. The van der Waals surface area contributed by atoms with Crippen molar-refractivity contribution in [3.05, 3.63) is 35.4 Å².